The average molecular weight is 337 g/mol. The number of carbonyl (C=O) groups excluding carboxylic acids is 1. The molecule has 6 heteroatoms. The highest BCUT2D eigenvalue weighted by atomic mass is 79.9. The molecule has 1 unspecified atom stereocenters. The summed E-state index contributed by atoms with van der Waals surface area (Å²) in [5, 5.41) is 3.03. The van der Waals surface area contributed by atoms with Gasteiger partial charge in [-0.15, -0.1) is 0 Å². The Labute approximate surface area is 105 Å². The lowest BCUT2D eigenvalue weighted by Crippen LogP contribution is -2.41. The maximum Gasteiger partial charge on any atom is 0.236 e. The SMILES string of the molecule is NC(=O)C(N)CNc1ccc(Br)cc1Br. The van der Waals surface area contributed by atoms with E-state index in [2.05, 4.69) is 37.2 Å². The van der Waals surface area contributed by atoms with Crippen molar-refractivity contribution in [2.75, 3.05) is 11.9 Å². The molecular weight excluding hydrogens is 326 g/mol. The van der Waals surface area contributed by atoms with Gasteiger partial charge in [-0.05, 0) is 34.1 Å². The number of nitrogens with two attached hydrogens (primary N) is 2. The lowest BCUT2D eigenvalue weighted by atomic mass is 10.2. The van der Waals surface area contributed by atoms with E-state index in [0.29, 0.717) is 6.54 Å². The van der Waals surface area contributed by atoms with Crippen molar-refractivity contribution in [2.24, 2.45) is 11.5 Å². The van der Waals surface area contributed by atoms with Crippen LogP contribution in [0.15, 0.2) is 27.1 Å². The molecule has 82 valence electrons. The second-order valence-electron chi connectivity index (χ2n) is 3.01. The van der Waals surface area contributed by atoms with Gasteiger partial charge < -0.3 is 16.8 Å². The van der Waals surface area contributed by atoms with E-state index in [0.717, 1.165) is 14.6 Å². The van der Waals surface area contributed by atoms with Gasteiger partial charge in [0.05, 0.1) is 0 Å². The molecule has 0 fully saturated rings. The highest BCUT2D eigenvalue weighted by molar-refractivity contribution is 9.11. The van der Waals surface area contributed by atoms with Crippen LogP contribution < -0.4 is 16.8 Å². The number of carbonyl (C=O) groups is 1. The zero-order valence-electron chi connectivity index (χ0n) is 7.84. The molecule has 1 rings (SSSR count). The molecule has 15 heavy (non-hydrogen) atoms. The fourth-order valence-electron chi connectivity index (χ4n) is 0.953. The van der Waals surface area contributed by atoms with Crippen LogP contribution in [0.5, 0.6) is 0 Å². The van der Waals surface area contributed by atoms with Crippen LogP contribution in [0.2, 0.25) is 0 Å². The third-order valence-corrected chi connectivity index (χ3v) is 2.96. The van der Waals surface area contributed by atoms with Crippen molar-refractivity contribution in [2.45, 2.75) is 6.04 Å². The molecule has 0 heterocycles. The molecule has 1 atom stereocenters. The lowest BCUT2D eigenvalue weighted by molar-refractivity contribution is -0.118. The number of primary amides is 1. The molecule has 1 aromatic carbocycles. The van der Waals surface area contributed by atoms with Crippen LogP contribution in [0.3, 0.4) is 0 Å². The summed E-state index contributed by atoms with van der Waals surface area (Å²) in [6.07, 6.45) is 0. The quantitative estimate of drug-likeness (QED) is 0.778. The van der Waals surface area contributed by atoms with Crippen molar-refractivity contribution in [1.82, 2.24) is 0 Å². The molecule has 0 aliphatic rings. The third kappa shape index (κ3) is 3.81. The first-order valence-electron chi connectivity index (χ1n) is 4.24. The van der Waals surface area contributed by atoms with E-state index < -0.39 is 11.9 Å². The molecule has 0 aliphatic carbocycles. The summed E-state index contributed by atoms with van der Waals surface area (Å²) in [6.45, 7) is 0.315. The summed E-state index contributed by atoms with van der Waals surface area (Å²) in [7, 11) is 0. The summed E-state index contributed by atoms with van der Waals surface area (Å²) < 4.78 is 1.87. The maximum atomic E-state index is 10.7. The number of rotatable bonds is 4. The molecule has 0 bridgehead atoms. The van der Waals surface area contributed by atoms with Gasteiger partial charge in [-0.25, -0.2) is 0 Å². The average Bonchev–Trinajstić information content (AvgIpc) is 2.15. The van der Waals surface area contributed by atoms with Crippen molar-refractivity contribution >= 4 is 43.5 Å². The molecule has 4 nitrogen and oxygen atoms in total. The van der Waals surface area contributed by atoms with Crippen LogP contribution in [0.25, 0.3) is 0 Å². The largest absolute Gasteiger partial charge is 0.382 e. The zero-order valence-corrected chi connectivity index (χ0v) is 11.0. The minimum absolute atomic E-state index is 0.315. The topological polar surface area (TPSA) is 81.1 Å². The van der Waals surface area contributed by atoms with Crippen LogP contribution in [0.1, 0.15) is 0 Å². The van der Waals surface area contributed by atoms with Gasteiger partial charge in [-0.1, -0.05) is 15.9 Å². The van der Waals surface area contributed by atoms with Gasteiger partial charge in [-0.2, -0.15) is 0 Å². The van der Waals surface area contributed by atoms with Crippen molar-refractivity contribution in [3.05, 3.63) is 27.1 Å². The number of hydrogen-bond acceptors (Lipinski definition) is 3. The summed E-state index contributed by atoms with van der Waals surface area (Å²) in [4.78, 5) is 10.7. The van der Waals surface area contributed by atoms with Gasteiger partial charge in [0.2, 0.25) is 5.91 Å². The lowest BCUT2D eigenvalue weighted by Gasteiger charge is -2.11. The molecule has 5 N–H and O–H groups in total. The Kier molecular flexibility index (Phi) is 4.56. The predicted octanol–water partition coefficient (Wildman–Crippen LogP) is 1.44. The number of amides is 1. The molecule has 0 saturated heterocycles. The first-order chi connectivity index (χ1) is 7.00. The molecule has 0 aromatic heterocycles. The van der Waals surface area contributed by atoms with E-state index in [1.807, 2.05) is 18.2 Å². The number of nitrogens with one attached hydrogen (secondary N) is 1. The van der Waals surface area contributed by atoms with E-state index >= 15 is 0 Å². The Morgan fingerprint density at radius 2 is 2.13 bits per heavy atom. The van der Waals surface area contributed by atoms with Crippen LogP contribution in [-0.4, -0.2) is 18.5 Å². The van der Waals surface area contributed by atoms with Crippen LogP contribution in [-0.2, 0) is 4.79 Å². The monoisotopic (exact) mass is 335 g/mol. The Morgan fingerprint density at radius 3 is 2.67 bits per heavy atom. The Balaban J connectivity index is 2.62. The van der Waals surface area contributed by atoms with Gasteiger partial charge in [0.25, 0.3) is 0 Å². The van der Waals surface area contributed by atoms with Gasteiger partial charge in [0, 0.05) is 21.2 Å². The highest BCUT2D eigenvalue weighted by Gasteiger charge is 2.09. The first kappa shape index (κ1) is 12.5. The van der Waals surface area contributed by atoms with Crippen molar-refractivity contribution in [1.29, 1.82) is 0 Å². The van der Waals surface area contributed by atoms with Crippen LogP contribution in [0.4, 0.5) is 5.69 Å². The van der Waals surface area contributed by atoms with Gasteiger partial charge in [-0.3, -0.25) is 4.79 Å². The normalized spacial score (nSPS) is 12.2. The fourth-order valence-corrected chi connectivity index (χ4v) is 2.14. The summed E-state index contributed by atoms with van der Waals surface area (Å²) >= 11 is 6.73. The molecule has 0 saturated carbocycles. The second-order valence-corrected chi connectivity index (χ2v) is 4.78. The first-order valence-corrected chi connectivity index (χ1v) is 5.83. The number of benzene rings is 1. The van der Waals surface area contributed by atoms with Crippen LogP contribution >= 0.6 is 31.9 Å². The number of halogens is 2. The molecule has 1 aromatic rings. The molecular formula is C9H11Br2N3O. The Morgan fingerprint density at radius 1 is 1.47 bits per heavy atom. The fraction of sp³-hybridized carbons (Fsp3) is 0.222. The summed E-state index contributed by atoms with van der Waals surface area (Å²) in [6, 6.07) is 4.99. The third-order valence-electron chi connectivity index (χ3n) is 1.81. The van der Waals surface area contributed by atoms with Crippen molar-refractivity contribution < 1.29 is 4.79 Å². The van der Waals surface area contributed by atoms with Gasteiger partial charge in [0.1, 0.15) is 6.04 Å². The predicted molar refractivity (Wildman–Crippen MR) is 67.5 cm³/mol. The standard InChI is InChI=1S/C9H11Br2N3O/c10-5-1-2-8(6(11)3-5)14-4-7(12)9(13)15/h1-3,7,14H,4,12H2,(H2,13,15). The van der Waals surface area contributed by atoms with E-state index in [9.17, 15) is 4.79 Å². The smallest absolute Gasteiger partial charge is 0.236 e. The van der Waals surface area contributed by atoms with Gasteiger partial charge >= 0.3 is 0 Å². The van der Waals surface area contributed by atoms with E-state index in [1.165, 1.54) is 0 Å². The molecule has 1 amide bonds. The Hall–Kier alpha value is -0.590. The number of anilines is 1. The van der Waals surface area contributed by atoms with Crippen molar-refractivity contribution in [3.63, 3.8) is 0 Å². The maximum absolute atomic E-state index is 10.7. The molecule has 0 spiro atoms. The van der Waals surface area contributed by atoms with E-state index in [-0.39, 0.29) is 0 Å². The van der Waals surface area contributed by atoms with E-state index in [4.69, 9.17) is 11.5 Å². The minimum atomic E-state index is -0.680. The second kappa shape index (κ2) is 5.48. The Bertz CT molecular complexity index is 370. The van der Waals surface area contributed by atoms with Gasteiger partial charge in [0.15, 0.2) is 0 Å². The molecule has 0 aliphatic heterocycles. The van der Waals surface area contributed by atoms with Crippen molar-refractivity contribution in [3.8, 4) is 0 Å². The summed E-state index contributed by atoms with van der Waals surface area (Å²) in [5.41, 5.74) is 11.4. The number of hydrogen-bond donors (Lipinski definition) is 3. The highest BCUT2D eigenvalue weighted by Crippen LogP contribution is 2.25. The zero-order chi connectivity index (χ0) is 11.4. The summed E-state index contributed by atoms with van der Waals surface area (Å²) in [5.74, 6) is -0.518. The van der Waals surface area contributed by atoms with E-state index in [1.54, 1.807) is 0 Å². The minimum Gasteiger partial charge on any atom is -0.382 e. The van der Waals surface area contributed by atoms with Crippen LogP contribution in [0, 0.1) is 0 Å². The molecule has 0 radical (unpaired) electrons.